The number of nitrogens with zero attached hydrogens (tertiary/aromatic N) is 1. The molecule has 12 atom stereocenters. The number of methoxy groups -OCH3 is 1. The Kier molecular flexibility index (Phi) is 4.84. The number of fused-ring (bicyclic) bond motifs is 4. The van der Waals surface area contributed by atoms with E-state index in [0.717, 1.165) is 12.0 Å². The highest BCUT2D eigenvalue weighted by Crippen LogP contribution is 2.78. The fourth-order valence-corrected chi connectivity index (χ4v) is 11.7. The third kappa shape index (κ3) is 2.39. The van der Waals surface area contributed by atoms with Gasteiger partial charge in [-0.25, -0.2) is 4.90 Å². The van der Waals surface area contributed by atoms with E-state index in [1.54, 1.807) is 13.2 Å². The van der Waals surface area contributed by atoms with Crippen LogP contribution in [-0.4, -0.2) is 78.7 Å². The Labute approximate surface area is 234 Å². The number of cyclic esters (lactones) is 1. The molecule has 5 heterocycles. The van der Waals surface area contributed by atoms with Gasteiger partial charge in [-0.05, 0) is 50.5 Å². The van der Waals surface area contributed by atoms with Gasteiger partial charge in [-0.15, -0.1) is 0 Å². The quantitative estimate of drug-likeness (QED) is 0.453. The third-order valence-electron chi connectivity index (χ3n) is 13.2. The van der Waals surface area contributed by atoms with Crippen molar-refractivity contribution in [3.63, 3.8) is 0 Å². The van der Waals surface area contributed by atoms with Gasteiger partial charge in [0.2, 0.25) is 0 Å². The summed E-state index contributed by atoms with van der Waals surface area (Å²) in [6, 6.07) is 0. The highest BCUT2D eigenvalue weighted by molar-refractivity contribution is 6.08. The van der Waals surface area contributed by atoms with Crippen LogP contribution in [0.5, 0.6) is 0 Å². The molecule has 2 saturated carbocycles. The van der Waals surface area contributed by atoms with E-state index in [1.165, 1.54) is 0 Å². The molecule has 5 aliphatic heterocycles. The number of carbonyl (C=O) groups is 4. The molecule has 0 N–H and O–H groups in total. The third-order valence-corrected chi connectivity index (χ3v) is 13.2. The second kappa shape index (κ2) is 7.52. The minimum atomic E-state index is -1.41. The number of ketones is 3. The minimum absolute atomic E-state index is 0.0622. The van der Waals surface area contributed by atoms with Crippen molar-refractivity contribution < 1.29 is 38.1 Å². The van der Waals surface area contributed by atoms with Gasteiger partial charge in [-0.3, -0.25) is 19.2 Å². The van der Waals surface area contributed by atoms with Crippen molar-refractivity contribution in [1.82, 2.24) is 4.90 Å². The van der Waals surface area contributed by atoms with Gasteiger partial charge in [-0.1, -0.05) is 26.3 Å². The molecule has 3 aliphatic carbocycles. The zero-order valence-electron chi connectivity index (χ0n) is 24.0. The maximum absolute atomic E-state index is 15.6. The van der Waals surface area contributed by atoms with Gasteiger partial charge < -0.3 is 18.9 Å². The van der Waals surface area contributed by atoms with Crippen LogP contribution in [0.15, 0.2) is 11.6 Å². The van der Waals surface area contributed by atoms with Gasteiger partial charge in [0.15, 0.2) is 23.0 Å². The Balaban J connectivity index is 1.40. The van der Waals surface area contributed by atoms with Crippen LogP contribution in [0.3, 0.4) is 0 Å². The highest BCUT2D eigenvalue weighted by Gasteiger charge is 2.90. The summed E-state index contributed by atoms with van der Waals surface area (Å²) in [5.41, 5.74) is -4.34. The molecule has 8 rings (SSSR count). The van der Waals surface area contributed by atoms with Crippen LogP contribution >= 0.6 is 0 Å². The predicted octanol–water partition coefficient (Wildman–Crippen LogP) is 2.45. The zero-order valence-corrected chi connectivity index (χ0v) is 24.0. The number of rotatable bonds is 1. The lowest BCUT2D eigenvalue weighted by molar-refractivity contribution is -0.336. The molecule has 0 aromatic carbocycles. The van der Waals surface area contributed by atoms with Crippen LogP contribution in [0.1, 0.15) is 59.8 Å². The lowest BCUT2D eigenvalue weighted by Crippen LogP contribution is -2.83. The lowest BCUT2D eigenvalue weighted by Gasteiger charge is -2.70. The van der Waals surface area contributed by atoms with Gasteiger partial charge in [0.05, 0.1) is 31.2 Å². The zero-order chi connectivity index (χ0) is 28.2. The average Bonchev–Trinajstić information content (AvgIpc) is 3.51. The number of ether oxygens (including phenoxy) is 4. The normalized spacial score (nSPS) is 56.4. The summed E-state index contributed by atoms with van der Waals surface area (Å²) in [5.74, 6) is -2.60. The van der Waals surface area contributed by atoms with E-state index < -0.39 is 45.4 Å². The molecule has 4 spiro atoms. The van der Waals surface area contributed by atoms with E-state index in [2.05, 4.69) is 18.7 Å². The number of piperidine rings is 1. The van der Waals surface area contributed by atoms with Gasteiger partial charge >= 0.3 is 5.97 Å². The second-order valence-electron chi connectivity index (χ2n) is 14.5. The predicted molar refractivity (Wildman–Crippen MR) is 138 cm³/mol. The van der Waals surface area contributed by atoms with Crippen molar-refractivity contribution in [2.24, 2.45) is 45.8 Å². The molecule has 8 aliphatic rings. The van der Waals surface area contributed by atoms with Crippen LogP contribution in [0.4, 0.5) is 0 Å². The summed E-state index contributed by atoms with van der Waals surface area (Å²) < 4.78 is 25.7. The van der Waals surface area contributed by atoms with Gasteiger partial charge in [0.25, 0.3) is 0 Å². The number of carbonyl (C=O) groups excluding carboxylic acids is 4. The first-order valence-corrected chi connectivity index (χ1v) is 15.0. The topological polar surface area (TPSA) is 108 Å². The fraction of sp³-hybridized carbons (Fsp3) is 0.806. The molecule has 1 unspecified atom stereocenters. The smallest absolute Gasteiger partial charge is 0.306 e. The van der Waals surface area contributed by atoms with Crippen LogP contribution < -0.4 is 0 Å². The summed E-state index contributed by atoms with van der Waals surface area (Å²) >= 11 is 0. The number of hydrogen-bond donors (Lipinski definition) is 0. The largest absolute Gasteiger partial charge is 0.465 e. The van der Waals surface area contributed by atoms with E-state index in [9.17, 15) is 14.4 Å². The van der Waals surface area contributed by atoms with Crippen LogP contribution in [0.25, 0.3) is 0 Å². The molecule has 0 aromatic rings. The Morgan fingerprint density at radius 3 is 2.58 bits per heavy atom. The van der Waals surface area contributed by atoms with Crippen molar-refractivity contribution in [2.45, 2.75) is 83.5 Å². The number of esters is 1. The molecule has 5 saturated heterocycles. The summed E-state index contributed by atoms with van der Waals surface area (Å²) in [5, 5.41) is 0. The molecule has 216 valence electrons. The minimum Gasteiger partial charge on any atom is -0.465 e. The summed E-state index contributed by atoms with van der Waals surface area (Å²) in [7, 11) is 1.71. The highest BCUT2D eigenvalue weighted by atomic mass is 16.6. The molecular weight excluding hydrogens is 514 g/mol. The monoisotopic (exact) mass is 553 g/mol. The molecule has 0 radical (unpaired) electrons. The van der Waals surface area contributed by atoms with Crippen LogP contribution in [0.2, 0.25) is 0 Å². The van der Waals surface area contributed by atoms with E-state index >= 15 is 4.79 Å². The van der Waals surface area contributed by atoms with Crippen LogP contribution in [0, 0.1) is 45.8 Å². The molecule has 9 heteroatoms. The Hall–Kier alpha value is -1.94. The van der Waals surface area contributed by atoms with Crippen molar-refractivity contribution >= 4 is 23.3 Å². The second-order valence-corrected chi connectivity index (χ2v) is 14.5. The first-order valence-electron chi connectivity index (χ1n) is 15.0. The molecule has 7 fully saturated rings. The van der Waals surface area contributed by atoms with Crippen molar-refractivity contribution in [3.05, 3.63) is 11.6 Å². The summed E-state index contributed by atoms with van der Waals surface area (Å²) in [4.78, 5) is 58.9. The average molecular weight is 554 g/mol. The van der Waals surface area contributed by atoms with Crippen molar-refractivity contribution in [2.75, 3.05) is 26.9 Å². The number of hydrogen-bond acceptors (Lipinski definition) is 9. The SMILES string of the molecule is CO[C@@H]1[C@@H](C)C[C@@H]2CN3C1(CC[C@@]1(C)[C@]4(COC(=O)C4)[C@H]4C(=O)[C@H](C)[C@@H]5C(=O)C=C(C)C[C@H]5[C@@]45CO[C@@]31C5=O)O2. The maximum Gasteiger partial charge on any atom is 0.306 e. The van der Waals surface area contributed by atoms with Gasteiger partial charge in [0, 0.05) is 42.2 Å². The molecule has 0 aromatic heterocycles. The first kappa shape index (κ1) is 25.7. The lowest BCUT2D eigenvalue weighted by atomic mass is 9.34. The van der Waals surface area contributed by atoms with Crippen LogP contribution in [-0.2, 0) is 38.1 Å². The Morgan fingerprint density at radius 2 is 1.88 bits per heavy atom. The van der Waals surface area contributed by atoms with E-state index in [-0.39, 0.29) is 67.0 Å². The molecule has 0 amide bonds. The summed E-state index contributed by atoms with van der Waals surface area (Å²) in [6.07, 6.45) is 3.91. The molecular formula is C31H39NO8. The van der Waals surface area contributed by atoms with E-state index in [4.69, 9.17) is 18.9 Å². The fourth-order valence-electron chi connectivity index (χ4n) is 11.7. The standard InChI is InChI=1S/C31H39NO8/c1-15-8-19-22(20(33)9-15)17(3)23(35)24-28(11-21(34)38-13-28)27(4)6-7-30-25(37-5)16(2)10-18(40-30)12-32(30)31(27)26(36)29(19,24)14-39-31/h9,16-19,22,24-25H,6-8,10-14H2,1-5H3/t16-,17+,18+,19+,22-,24+,25+,27-,28+,29-,30?,31+/m0/s1. The van der Waals surface area contributed by atoms with Gasteiger partial charge in [0.1, 0.15) is 11.9 Å². The molecule has 40 heavy (non-hydrogen) atoms. The first-order chi connectivity index (χ1) is 18.9. The van der Waals surface area contributed by atoms with E-state index in [0.29, 0.717) is 25.8 Å². The molecule has 4 bridgehead atoms. The van der Waals surface area contributed by atoms with Gasteiger partial charge in [-0.2, -0.15) is 0 Å². The Morgan fingerprint density at radius 1 is 1.10 bits per heavy atom. The number of allylic oxidation sites excluding steroid dienone is 2. The Bertz CT molecular complexity index is 1310. The number of Topliss-reactive ketones (excluding diaryl/α,β-unsaturated/α-hetero) is 2. The molecule has 9 nitrogen and oxygen atoms in total. The summed E-state index contributed by atoms with van der Waals surface area (Å²) in [6.45, 7) is 8.67. The van der Waals surface area contributed by atoms with Crippen molar-refractivity contribution in [1.29, 1.82) is 0 Å². The van der Waals surface area contributed by atoms with E-state index in [1.807, 2.05) is 13.8 Å². The van der Waals surface area contributed by atoms with Crippen molar-refractivity contribution in [3.8, 4) is 0 Å². The maximum atomic E-state index is 15.6.